The molecule has 3 N–H and O–H groups in total. The van der Waals surface area contributed by atoms with Gasteiger partial charge in [0.15, 0.2) is 0 Å². The molecule has 2 aliphatic heterocycles. The molecule has 0 bridgehead atoms. The van der Waals surface area contributed by atoms with Gasteiger partial charge in [0.25, 0.3) is 5.91 Å². The summed E-state index contributed by atoms with van der Waals surface area (Å²) >= 11 is 0. The summed E-state index contributed by atoms with van der Waals surface area (Å²) in [5.41, 5.74) is 2.09. The molecule has 3 aromatic rings. The van der Waals surface area contributed by atoms with Gasteiger partial charge in [0.1, 0.15) is 0 Å². The van der Waals surface area contributed by atoms with E-state index in [0.29, 0.717) is 24.2 Å². The first kappa shape index (κ1) is 28.5. The Hall–Kier alpha value is -4.03. The third-order valence-corrected chi connectivity index (χ3v) is 7.38. The van der Waals surface area contributed by atoms with E-state index in [4.69, 9.17) is 0 Å². The van der Waals surface area contributed by atoms with Crippen LogP contribution in [0.15, 0.2) is 42.7 Å². The number of piperazine rings is 1. The first-order valence-corrected chi connectivity index (χ1v) is 13.5. The number of alkyl halides is 3. The molecule has 0 aliphatic carbocycles. The summed E-state index contributed by atoms with van der Waals surface area (Å²) in [5, 5.41) is 8.41. The number of carbonyl (C=O) groups is 2. The lowest BCUT2D eigenvalue weighted by atomic mass is 9.93. The summed E-state index contributed by atoms with van der Waals surface area (Å²) in [4.78, 5) is 36.9. The molecule has 2 aromatic carbocycles. The van der Waals surface area contributed by atoms with Crippen molar-refractivity contribution in [2.45, 2.75) is 32.5 Å². The molecule has 3 heterocycles. The third-order valence-electron chi connectivity index (χ3n) is 7.38. The summed E-state index contributed by atoms with van der Waals surface area (Å²) < 4.78 is 44.4. The molecule has 0 radical (unpaired) electrons. The molecular weight excluding hydrogens is 535 g/mol. The largest absolute Gasteiger partial charge is 0.417 e. The van der Waals surface area contributed by atoms with Gasteiger partial charge in [-0.1, -0.05) is 12.1 Å². The van der Waals surface area contributed by atoms with Crippen molar-refractivity contribution in [3.63, 3.8) is 0 Å². The fourth-order valence-electron chi connectivity index (χ4n) is 5.23. The Morgan fingerprint density at radius 2 is 1.76 bits per heavy atom. The van der Waals surface area contributed by atoms with Gasteiger partial charge in [0.05, 0.1) is 5.56 Å². The van der Waals surface area contributed by atoms with Gasteiger partial charge >= 0.3 is 6.18 Å². The Morgan fingerprint density at radius 1 is 1.02 bits per heavy atom. The predicted molar refractivity (Wildman–Crippen MR) is 150 cm³/mol. The molecule has 2 amide bonds. The monoisotopic (exact) mass is 567 g/mol. The highest BCUT2D eigenvalue weighted by molar-refractivity contribution is 6.05. The maximum Gasteiger partial charge on any atom is 0.417 e. The van der Waals surface area contributed by atoms with Crippen molar-refractivity contribution in [2.75, 3.05) is 55.7 Å². The number of nitrogens with one attached hydrogen (secondary N) is 3. The van der Waals surface area contributed by atoms with Crippen LogP contribution in [0.4, 0.5) is 30.5 Å². The number of anilines is 3. The number of rotatable bonds is 7. The van der Waals surface area contributed by atoms with E-state index in [2.05, 4.69) is 30.8 Å². The second kappa shape index (κ2) is 11.8. The van der Waals surface area contributed by atoms with Crippen molar-refractivity contribution < 1.29 is 22.8 Å². The van der Waals surface area contributed by atoms with Crippen molar-refractivity contribution in [1.29, 1.82) is 0 Å². The molecule has 2 aliphatic rings. The SMILES string of the molecule is CC(=O)Nc1ncc(Cc2c(NC(=O)c3ccc4c(c3)NCC4)ccc(CN3CCN(C)CC3)c2C(F)(F)F)cn1. The Kier molecular flexibility index (Phi) is 8.22. The first-order chi connectivity index (χ1) is 19.6. The van der Waals surface area contributed by atoms with Gasteiger partial charge in [0.2, 0.25) is 11.9 Å². The zero-order chi connectivity index (χ0) is 29.1. The lowest BCUT2D eigenvalue weighted by molar-refractivity contribution is -0.139. The highest BCUT2D eigenvalue weighted by atomic mass is 19.4. The van der Waals surface area contributed by atoms with Crippen LogP contribution in [0.1, 0.15) is 45.1 Å². The molecule has 9 nitrogen and oxygen atoms in total. The Balaban J connectivity index is 1.51. The van der Waals surface area contributed by atoms with Gasteiger partial charge in [0, 0.05) is 81.9 Å². The van der Waals surface area contributed by atoms with Gasteiger partial charge in [-0.05, 0) is 53.9 Å². The second-order valence-electron chi connectivity index (χ2n) is 10.5. The summed E-state index contributed by atoms with van der Waals surface area (Å²) in [7, 11) is 1.99. The number of carbonyl (C=O) groups excluding carboxylic acids is 2. The van der Waals surface area contributed by atoms with Crippen LogP contribution in [0.25, 0.3) is 0 Å². The number of fused-ring (bicyclic) bond motifs is 1. The standard InChI is InChI=1S/C29H32F3N7O2/c1-18(40)36-28-34-15-19(16-35-28)13-23-24(37-27(41)21-4-3-20-7-8-33-25(20)14-21)6-5-22(26(23)29(30,31)32)17-39-11-9-38(2)10-12-39/h3-6,14-16,33H,7-13,17H2,1-2H3,(H,37,41)(H,34,35,36,40). The van der Waals surface area contributed by atoms with Gasteiger partial charge in [-0.3, -0.25) is 19.8 Å². The number of amides is 2. The van der Waals surface area contributed by atoms with Crippen molar-refractivity contribution in [3.8, 4) is 0 Å². The fraction of sp³-hybridized carbons (Fsp3) is 0.379. The zero-order valence-corrected chi connectivity index (χ0v) is 22.9. The van der Waals surface area contributed by atoms with Crippen molar-refractivity contribution >= 4 is 29.1 Å². The number of hydrogen-bond donors (Lipinski definition) is 3. The average molecular weight is 568 g/mol. The van der Waals surface area contributed by atoms with Crippen LogP contribution in [0.5, 0.6) is 0 Å². The quantitative estimate of drug-likeness (QED) is 0.397. The topological polar surface area (TPSA) is 102 Å². The predicted octanol–water partition coefficient (Wildman–Crippen LogP) is 4.01. The molecule has 1 saturated heterocycles. The van der Waals surface area contributed by atoms with Gasteiger partial charge < -0.3 is 15.5 Å². The summed E-state index contributed by atoms with van der Waals surface area (Å²) in [6.07, 6.45) is -1.24. The Morgan fingerprint density at radius 3 is 2.44 bits per heavy atom. The molecular formula is C29H32F3N7O2. The summed E-state index contributed by atoms with van der Waals surface area (Å²) in [6.45, 7) is 5.09. The van der Waals surface area contributed by atoms with Crippen LogP contribution in [0.3, 0.4) is 0 Å². The number of benzene rings is 2. The Bertz CT molecular complexity index is 1440. The van der Waals surface area contributed by atoms with E-state index in [9.17, 15) is 22.8 Å². The van der Waals surface area contributed by atoms with E-state index < -0.39 is 17.6 Å². The van der Waals surface area contributed by atoms with Crippen LogP contribution in [-0.4, -0.2) is 71.4 Å². The summed E-state index contributed by atoms with van der Waals surface area (Å²) in [6, 6.07) is 8.27. The van der Waals surface area contributed by atoms with Gasteiger partial charge in [-0.25, -0.2) is 9.97 Å². The Labute approximate surface area is 236 Å². The van der Waals surface area contributed by atoms with Crippen LogP contribution >= 0.6 is 0 Å². The number of likely N-dealkylation sites (N-methyl/N-ethyl adjacent to an activating group) is 1. The van der Waals surface area contributed by atoms with E-state index >= 15 is 0 Å². The molecule has 0 saturated carbocycles. The fourth-order valence-corrected chi connectivity index (χ4v) is 5.23. The molecule has 216 valence electrons. The molecule has 5 rings (SSSR count). The van der Waals surface area contributed by atoms with E-state index in [1.165, 1.54) is 25.4 Å². The normalized spacial score (nSPS) is 15.7. The average Bonchev–Trinajstić information content (AvgIpc) is 3.39. The lowest BCUT2D eigenvalue weighted by Gasteiger charge is -2.33. The van der Waals surface area contributed by atoms with E-state index in [-0.39, 0.29) is 41.6 Å². The zero-order valence-electron chi connectivity index (χ0n) is 22.9. The van der Waals surface area contributed by atoms with Gasteiger partial charge in [-0.2, -0.15) is 13.2 Å². The molecule has 0 spiro atoms. The van der Waals surface area contributed by atoms with Crippen LogP contribution in [0.2, 0.25) is 0 Å². The second-order valence-corrected chi connectivity index (χ2v) is 10.5. The lowest BCUT2D eigenvalue weighted by Crippen LogP contribution is -2.44. The molecule has 41 heavy (non-hydrogen) atoms. The smallest absolute Gasteiger partial charge is 0.384 e. The van der Waals surface area contributed by atoms with Crippen molar-refractivity contribution in [1.82, 2.24) is 19.8 Å². The molecule has 1 aromatic heterocycles. The van der Waals surface area contributed by atoms with E-state index in [1.807, 2.05) is 18.0 Å². The number of aromatic nitrogens is 2. The maximum atomic E-state index is 14.8. The van der Waals surface area contributed by atoms with Crippen molar-refractivity contribution in [2.24, 2.45) is 0 Å². The minimum Gasteiger partial charge on any atom is -0.384 e. The van der Waals surface area contributed by atoms with Crippen LogP contribution in [-0.2, 0) is 30.4 Å². The highest BCUT2D eigenvalue weighted by Gasteiger charge is 2.38. The maximum absolute atomic E-state index is 14.8. The molecule has 1 fully saturated rings. The first-order valence-electron chi connectivity index (χ1n) is 13.5. The number of hydrogen-bond acceptors (Lipinski definition) is 7. The third kappa shape index (κ3) is 6.83. The van der Waals surface area contributed by atoms with E-state index in [0.717, 1.165) is 37.3 Å². The molecule has 12 heteroatoms. The number of halogens is 3. The molecule has 0 atom stereocenters. The minimum absolute atomic E-state index is 0.0554. The summed E-state index contributed by atoms with van der Waals surface area (Å²) in [5.74, 6) is -0.805. The number of nitrogens with zero attached hydrogens (tertiary/aromatic N) is 4. The minimum atomic E-state index is -4.67. The van der Waals surface area contributed by atoms with Crippen LogP contribution in [0, 0.1) is 0 Å². The van der Waals surface area contributed by atoms with E-state index in [1.54, 1.807) is 18.2 Å². The highest BCUT2D eigenvalue weighted by Crippen LogP contribution is 2.40. The van der Waals surface area contributed by atoms with Gasteiger partial charge in [-0.15, -0.1) is 0 Å². The molecule has 0 unspecified atom stereocenters. The van der Waals surface area contributed by atoms with Crippen molar-refractivity contribution in [3.05, 3.63) is 76.1 Å². The van der Waals surface area contributed by atoms with Crippen LogP contribution < -0.4 is 16.0 Å².